The van der Waals surface area contributed by atoms with Crippen molar-refractivity contribution in [1.82, 2.24) is 9.99 Å². The van der Waals surface area contributed by atoms with Gasteiger partial charge in [-0.15, -0.1) is 0 Å². The van der Waals surface area contributed by atoms with Crippen molar-refractivity contribution < 1.29 is 9.53 Å². The number of hydrazone groups is 1. The van der Waals surface area contributed by atoms with E-state index in [1.807, 2.05) is 44.2 Å². The van der Waals surface area contributed by atoms with Gasteiger partial charge in [0, 0.05) is 34.3 Å². The molecule has 0 aliphatic heterocycles. The summed E-state index contributed by atoms with van der Waals surface area (Å²) in [6.07, 6.45) is 2.62. The number of nitrogens with one attached hydrogen (secondary N) is 1. The quantitative estimate of drug-likeness (QED) is 0.215. The molecule has 1 heterocycles. The second-order valence-corrected chi connectivity index (χ2v) is 8.74. The highest BCUT2D eigenvalue weighted by Crippen LogP contribution is 2.28. The lowest BCUT2D eigenvalue weighted by Crippen LogP contribution is -2.17. The number of hydrogen-bond donors (Lipinski definition) is 1. The molecule has 0 saturated carbocycles. The van der Waals surface area contributed by atoms with Crippen molar-refractivity contribution in [2.45, 2.75) is 26.8 Å². The van der Waals surface area contributed by atoms with Crippen LogP contribution in [0.2, 0.25) is 10.0 Å². The summed E-state index contributed by atoms with van der Waals surface area (Å²) in [6.45, 7) is 5.37. The first-order valence-corrected chi connectivity index (χ1v) is 11.8. The lowest BCUT2D eigenvalue weighted by molar-refractivity contribution is 0.0955. The number of rotatable bonds is 8. The predicted octanol–water partition coefficient (Wildman–Crippen LogP) is 6.86. The van der Waals surface area contributed by atoms with Crippen LogP contribution in [0.1, 0.15) is 40.5 Å². The summed E-state index contributed by atoms with van der Waals surface area (Å²) in [5.41, 5.74) is 7.22. The fraction of sp³-hybridized carbons (Fsp3) is 0.185. The van der Waals surface area contributed by atoms with E-state index in [1.165, 1.54) is 0 Å². The first-order valence-electron chi connectivity index (χ1n) is 11.1. The van der Waals surface area contributed by atoms with Gasteiger partial charge in [-0.25, -0.2) is 5.43 Å². The molecule has 0 spiro atoms. The van der Waals surface area contributed by atoms with Gasteiger partial charge in [0.2, 0.25) is 0 Å². The molecule has 34 heavy (non-hydrogen) atoms. The molecule has 0 aliphatic rings. The molecule has 3 aromatic carbocycles. The summed E-state index contributed by atoms with van der Waals surface area (Å²) in [5.74, 6) is 0.461. The molecule has 1 amide bonds. The number of aromatic nitrogens is 1. The van der Waals surface area contributed by atoms with Gasteiger partial charge in [-0.2, -0.15) is 5.10 Å². The van der Waals surface area contributed by atoms with E-state index in [0.717, 1.165) is 39.9 Å². The van der Waals surface area contributed by atoms with E-state index in [-0.39, 0.29) is 5.91 Å². The molecular weight excluding hydrogens is 469 g/mol. The fourth-order valence-electron chi connectivity index (χ4n) is 3.79. The highest BCUT2D eigenvalue weighted by atomic mass is 35.5. The summed E-state index contributed by atoms with van der Waals surface area (Å²) >= 11 is 12.3. The number of hydrogen-bond acceptors (Lipinski definition) is 3. The number of carbonyl (C=O) groups is 1. The van der Waals surface area contributed by atoms with E-state index in [4.69, 9.17) is 27.9 Å². The smallest absolute Gasteiger partial charge is 0.271 e. The normalized spacial score (nSPS) is 11.3. The molecule has 0 radical (unpaired) electrons. The Morgan fingerprint density at radius 1 is 1.06 bits per heavy atom. The lowest BCUT2D eigenvalue weighted by atomic mass is 10.1. The molecule has 0 atom stereocenters. The van der Waals surface area contributed by atoms with Gasteiger partial charge in [0.15, 0.2) is 0 Å². The molecule has 1 N–H and O–H groups in total. The summed E-state index contributed by atoms with van der Waals surface area (Å²) in [4.78, 5) is 12.5. The van der Waals surface area contributed by atoms with Crippen molar-refractivity contribution in [3.05, 3.63) is 99.2 Å². The molecule has 174 valence electrons. The third-order valence-corrected chi connectivity index (χ3v) is 6.29. The second-order valence-electron chi connectivity index (χ2n) is 7.92. The first kappa shape index (κ1) is 23.9. The largest absolute Gasteiger partial charge is 0.494 e. The molecule has 0 bridgehead atoms. The topological polar surface area (TPSA) is 55.6 Å². The van der Waals surface area contributed by atoms with E-state index in [0.29, 0.717) is 28.8 Å². The molecular formula is C27H25Cl2N3O2. The number of carbonyl (C=O) groups excluding carboxylic acids is 1. The van der Waals surface area contributed by atoms with Gasteiger partial charge in [-0.1, -0.05) is 54.4 Å². The van der Waals surface area contributed by atoms with Crippen LogP contribution in [0.4, 0.5) is 0 Å². The van der Waals surface area contributed by atoms with Crippen molar-refractivity contribution in [3.63, 3.8) is 0 Å². The maximum atomic E-state index is 12.5. The van der Waals surface area contributed by atoms with E-state index in [2.05, 4.69) is 21.2 Å². The number of para-hydroxylation sites is 1. The molecule has 0 unspecified atom stereocenters. The van der Waals surface area contributed by atoms with Crippen LogP contribution in [-0.4, -0.2) is 23.3 Å². The van der Waals surface area contributed by atoms with Crippen LogP contribution in [0, 0.1) is 6.92 Å². The monoisotopic (exact) mass is 493 g/mol. The second kappa shape index (κ2) is 10.8. The Morgan fingerprint density at radius 2 is 1.82 bits per heavy atom. The predicted molar refractivity (Wildman–Crippen MR) is 140 cm³/mol. The molecule has 7 heteroatoms. The molecule has 5 nitrogen and oxygen atoms in total. The Balaban J connectivity index is 1.54. The summed E-state index contributed by atoms with van der Waals surface area (Å²) in [5, 5.41) is 6.35. The van der Waals surface area contributed by atoms with E-state index in [9.17, 15) is 4.79 Å². The van der Waals surface area contributed by atoms with Gasteiger partial charge in [0.25, 0.3) is 5.91 Å². The highest BCUT2D eigenvalue weighted by molar-refractivity contribution is 6.42. The number of ether oxygens (including phenoxy) is 1. The zero-order valence-corrected chi connectivity index (χ0v) is 20.5. The SMILES string of the molecule is CCCOc1ccc(C(=O)N/N=C\c2c(C)n(Cc3ccc(Cl)c(Cl)c3)c3ccccc23)cc1. The highest BCUT2D eigenvalue weighted by Gasteiger charge is 2.13. The summed E-state index contributed by atoms with van der Waals surface area (Å²) < 4.78 is 7.76. The zero-order valence-electron chi connectivity index (χ0n) is 19.0. The Morgan fingerprint density at radius 3 is 2.56 bits per heavy atom. The van der Waals surface area contributed by atoms with Crippen LogP contribution in [0.3, 0.4) is 0 Å². The van der Waals surface area contributed by atoms with Crippen LogP contribution in [0.5, 0.6) is 5.75 Å². The van der Waals surface area contributed by atoms with Crippen molar-refractivity contribution in [1.29, 1.82) is 0 Å². The number of benzene rings is 3. The standard InChI is InChI=1S/C27H25Cl2N3O2/c1-3-14-34-21-11-9-20(10-12-21)27(33)31-30-16-23-18(2)32(26-7-5-4-6-22(23)26)17-19-8-13-24(28)25(29)15-19/h4-13,15-16H,3,14,17H2,1-2H3,(H,31,33)/b30-16-. The minimum Gasteiger partial charge on any atom is -0.494 e. The average Bonchev–Trinajstić information content (AvgIpc) is 3.11. The minimum absolute atomic E-state index is 0.282. The van der Waals surface area contributed by atoms with Crippen molar-refractivity contribution in [3.8, 4) is 5.75 Å². The number of nitrogens with zero attached hydrogens (tertiary/aromatic N) is 2. The van der Waals surface area contributed by atoms with Crippen LogP contribution in [0.25, 0.3) is 10.9 Å². The number of fused-ring (bicyclic) bond motifs is 1. The Labute approximate surface area is 208 Å². The molecule has 4 rings (SSSR count). The fourth-order valence-corrected chi connectivity index (χ4v) is 4.11. The van der Waals surface area contributed by atoms with Crippen LogP contribution in [0.15, 0.2) is 71.8 Å². The summed E-state index contributed by atoms with van der Waals surface area (Å²) in [6, 6.07) is 20.8. The number of halogens is 2. The van der Waals surface area contributed by atoms with E-state index in [1.54, 1.807) is 36.5 Å². The van der Waals surface area contributed by atoms with Gasteiger partial charge in [0.05, 0.1) is 22.9 Å². The minimum atomic E-state index is -0.282. The van der Waals surface area contributed by atoms with E-state index < -0.39 is 0 Å². The van der Waals surface area contributed by atoms with Crippen molar-refractivity contribution in [2.24, 2.45) is 5.10 Å². The maximum Gasteiger partial charge on any atom is 0.271 e. The third-order valence-electron chi connectivity index (χ3n) is 5.55. The number of amides is 1. The first-order chi connectivity index (χ1) is 16.5. The van der Waals surface area contributed by atoms with Gasteiger partial charge >= 0.3 is 0 Å². The Hall–Kier alpha value is -3.28. The van der Waals surface area contributed by atoms with Gasteiger partial charge in [-0.3, -0.25) is 4.79 Å². The average molecular weight is 494 g/mol. The van der Waals surface area contributed by atoms with E-state index >= 15 is 0 Å². The van der Waals surface area contributed by atoms with Crippen LogP contribution >= 0.6 is 23.2 Å². The molecule has 0 aliphatic carbocycles. The van der Waals surface area contributed by atoms with Crippen LogP contribution in [-0.2, 0) is 6.54 Å². The van der Waals surface area contributed by atoms with Crippen molar-refractivity contribution in [2.75, 3.05) is 6.61 Å². The maximum absolute atomic E-state index is 12.5. The zero-order chi connectivity index (χ0) is 24.1. The molecule has 0 fully saturated rings. The van der Waals surface area contributed by atoms with Gasteiger partial charge in [0.1, 0.15) is 5.75 Å². The molecule has 4 aromatic rings. The molecule has 1 aromatic heterocycles. The summed E-state index contributed by atoms with van der Waals surface area (Å²) in [7, 11) is 0. The van der Waals surface area contributed by atoms with Gasteiger partial charge < -0.3 is 9.30 Å². The lowest BCUT2D eigenvalue weighted by Gasteiger charge is -2.09. The van der Waals surface area contributed by atoms with Gasteiger partial charge in [-0.05, 0) is 61.4 Å². The Bertz CT molecular complexity index is 1340. The third kappa shape index (κ3) is 5.27. The van der Waals surface area contributed by atoms with Crippen LogP contribution < -0.4 is 10.2 Å². The molecule has 0 saturated heterocycles. The Kier molecular flexibility index (Phi) is 7.56. The van der Waals surface area contributed by atoms with Crippen molar-refractivity contribution >= 4 is 46.2 Å².